The Kier molecular flexibility index (Phi) is 4.72. The zero-order valence-electron chi connectivity index (χ0n) is 12.5. The van der Waals surface area contributed by atoms with Crippen LogP contribution in [0, 0.1) is 5.82 Å². The van der Waals surface area contributed by atoms with Gasteiger partial charge in [0.25, 0.3) is 5.91 Å². The number of aromatic nitrogens is 1. The van der Waals surface area contributed by atoms with Crippen LogP contribution >= 0.6 is 11.6 Å². The molecule has 0 unspecified atom stereocenters. The molecular weight excluding hydrogens is 329 g/mol. The van der Waals surface area contributed by atoms with Crippen LogP contribution in [0.1, 0.15) is 10.4 Å². The van der Waals surface area contributed by atoms with Crippen LogP contribution in [0.4, 0.5) is 21.5 Å². The van der Waals surface area contributed by atoms with Gasteiger partial charge in [-0.05, 0) is 48.5 Å². The molecule has 1 aromatic heterocycles. The van der Waals surface area contributed by atoms with E-state index in [1.165, 1.54) is 18.3 Å². The predicted molar refractivity (Wildman–Crippen MR) is 93.3 cm³/mol. The molecule has 6 heteroatoms. The summed E-state index contributed by atoms with van der Waals surface area (Å²) in [6, 6.07) is 16.4. The number of amides is 1. The average molecular weight is 342 g/mol. The van der Waals surface area contributed by atoms with E-state index in [-0.39, 0.29) is 22.4 Å². The van der Waals surface area contributed by atoms with Crippen molar-refractivity contribution in [1.82, 2.24) is 4.98 Å². The van der Waals surface area contributed by atoms with E-state index >= 15 is 0 Å². The molecule has 3 rings (SSSR count). The lowest BCUT2D eigenvalue weighted by Crippen LogP contribution is -2.14. The van der Waals surface area contributed by atoms with Gasteiger partial charge in [-0.1, -0.05) is 23.7 Å². The highest BCUT2D eigenvalue weighted by molar-refractivity contribution is 6.33. The molecule has 4 nitrogen and oxygen atoms in total. The number of anilines is 3. The van der Waals surface area contributed by atoms with Gasteiger partial charge in [-0.3, -0.25) is 4.79 Å². The quantitative estimate of drug-likeness (QED) is 0.666. The van der Waals surface area contributed by atoms with Crippen molar-refractivity contribution in [3.63, 3.8) is 0 Å². The second kappa shape index (κ2) is 7.10. The zero-order valence-corrected chi connectivity index (χ0v) is 13.2. The summed E-state index contributed by atoms with van der Waals surface area (Å²) in [6.45, 7) is 0. The first-order chi connectivity index (χ1) is 11.6. The molecule has 3 aromatic rings. The van der Waals surface area contributed by atoms with Crippen LogP contribution in [-0.4, -0.2) is 10.9 Å². The molecule has 120 valence electrons. The number of rotatable bonds is 4. The standard InChI is InChI=1S/C18H13ClFN3O/c19-17-14(4-3-11-21-17)18(24)23-16-6-2-1-5-15(16)22-13-9-7-12(20)8-10-13/h1-11,22H,(H,23,24). The molecule has 2 N–H and O–H groups in total. The highest BCUT2D eigenvalue weighted by atomic mass is 35.5. The number of nitrogens with one attached hydrogen (secondary N) is 2. The van der Waals surface area contributed by atoms with Crippen LogP contribution in [0.15, 0.2) is 66.9 Å². The number of para-hydroxylation sites is 2. The number of pyridine rings is 1. The molecule has 2 aromatic carbocycles. The Bertz CT molecular complexity index is 868. The van der Waals surface area contributed by atoms with Crippen molar-refractivity contribution in [2.45, 2.75) is 0 Å². The minimum Gasteiger partial charge on any atom is -0.354 e. The van der Waals surface area contributed by atoms with E-state index in [1.54, 1.807) is 36.4 Å². The van der Waals surface area contributed by atoms with E-state index in [4.69, 9.17) is 11.6 Å². The maximum Gasteiger partial charge on any atom is 0.258 e. The SMILES string of the molecule is O=C(Nc1ccccc1Nc1ccc(F)cc1)c1cccnc1Cl. The van der Waals surface area contributed by atoms with Crippen LogP contribution in [0.25, 0.3) is 0 Å². The summed E-state index contributed by atoms with van der Waals surface area (Å²) in [5.41, 5.74) is 2.25. The topological polar surface area (TPSA) is 54.0 Å². The van der Waals surface area contributed by atoms with Gasteiger partial charge in [-0.15, -0.1) is 0 Å². The maximum absolute atomic E-state index is 13.0. The molecule has 0 aliphatic heterocycles. The van der Waals surface area contributed by atoms with Gasteiger partial charge in [0.15, 0.2) is 0 Å². The first-order valence-corrected chi connectivity index (χ1v) is 7.55. The third-order valence-corrected chi connectivity index (χ3v) is 3.60. The largest absolute Gasteiger partial charge is 0.354 e. The van der Waals surface area contributed by atoms with Gasteiger partial charge in [-0.25, -0.2) is 9.37 Å². The summed E-state index contributed by atoms with van der Waals surface area (Å²) in [7, 11) is 0. The Hall–Kier alpha value is -2.92. The molecule has 1 heterocycles. The summed E-state index contributed by atoms with van der Waals surface area (Å²) in [4.78, 5) is 16.3. The molecule has 1 amide bonds. The fourth-order valence-corrected chi connectivity index (χ4v) is 2.34. The molecule has 0 spiro atoms. The van der Waals surface area contributed by atoms with E-state index in [2.05, 4.69) is 15.6 Å². The molecule has 0 aliphatic rings. The molecule has 0 saturated heterocycles. The lowest BCUT2D eigenvalue weighted by molar-refractivity contribution is 0.102. The van der Waals surface area contributed by atoms with Gasteiger partial charge in [-0.2, -0.15) is 0 Å². The Morgan fingerprint density at radius 3 is 2.38 bits per heavy atom. The number of benzene rings is 2. The summed E-state index contributed by atoms with van der Waals surface area (Å²) in [5.74, 6) is -0.671. The fraction of sp³-hybridized carbons (Fsp3) is 0. The van der Waals surface area contributed by atoms with Crippen LogP contribution in [0.5, 0.6) is 0 Å². The second-order valence-electron chi connectivity index (χ2n) is 4.97. The molecule has 0 aliphatic carbocycles. The van der Waals surface area contributed by atoms with Crippen molar-refractivity contribution in [2.75, 3.05) is 10.6 Å². The average Bonchev–Trinajstić information content (AvgIpc) is 2.59. The number of hydrogen-bond donors (Lipinski definition) is 2. The number of halogens is 2. The second-order valence-corrected chi connectivity index (χ2v) is 5.33. The smallest absolute Gasteiger partial charge is 0.258 e. The van der Waals surface area contributed by atoms with Crippen molar-refractivity contribution in [2.24, 2.45) is 0 Å². The van der Waals surface area contributed by atoms with Gasteiger partial charge in [0.05, 0.1) is 16.9 Å². The van der Waals surface area contributed by atoms with E-state index in [0.29, 0.717) is 17.1 Å². The van der Waals surface area contributed by atoms with Crippen molar-refractivity contribution < 1.29 is 9.18 Å². The number of carbonyl (C=O) groups excluding carboxylic acids is 1. The van der Waals surface area contributed by atoms with Gasteiger partial charge < -0.3 is 10.6 Å². The first kappa shape index (κ1) is 16.0. The molecule has 24 heavy (non-hydrogen) atoms. The molecule has 0 radical (unpaired) electrons. The molecular formula is C18H13ClFN3O. The fourth-order valence-electron chi connectivity index (χ4n) is 2.13. The third-order valence-electron chi connectivity index (χ3n) is 3.30. The highest BCUT2D eigenvalue weighted by Crippen LogP contribution is 2.26. The van der Waals surface area contributed by atoms with Gasteiger partial charge in [0.1, 0.15) is 11.0 Å². The van der Waals surface area contributed by atoms with E-state index in [9.17, 15) is 9.18 Å². The Labute approximate surface area is 143 Å². The predicted octanol–water partition coefficient (Wildman–Crippen LogP) is 4.87. The maximum atomic E-state index is 13.0. The van der Waals surface area contributed by atoms with Crippen molar-refractivity contribution in [3.8, 4) is 0 Å². The summed E-state index contributed by atoms with van der Waals surface area (Å²) in [6.07, 6.45) is 1.52. The number of nitrogens with zero attached hydrogens (tertiary/aromatic N) is 1. The van der Waals surface area contributed by atoms with Gasteiger partial charge >= 0.3 is 0 Å². The highest BCUT2D eigenvalue weighted by Gasteiger charge is 2.12. The molecule has 0 fully saturated rings. The van der Waals surface area contributed by atoms with E-state index in [1.807, 2.05) is 12.1 Å². The van der Waals surface area contributed by atoms with Crippen molar-refractivity contribution in [3.05, 3.63) is 83.4 Å². The third kappa shape index (κ3) is 3.70. The minimum atomic E-state index is -0.360. The van der Waals surface area contributed by atoms with Crippen molar-refractivity contribution >= 4 is 34.6 Å². The normalized spacial score (nSPS) is 10.2. The molecule has 0 saturated carbocycles. The van der Waals surface area contributed by atoms with Crippen LogP contribution in [0.3, 0.4) is 0 Å². The van der Waals surface area contributed by atoms with Crippen LogP contribution in [-0.2, 0) is 0 Å². The summed E-state index contributed by atoms with van der Waals surface area (Å²) in [5, 5.41) is 6.08. The summed E-state index contributed by atoms with van der Waals surface area (Å²) < 4.78 is 13.0. The van der Waals surface area contributed by atoms with Crippen LogP contribution in [0.2, 0.25) is 5.15 Å². The Morgan fingerprint density at radius 1 is 0.958 bits per heavy atom. The zero-order chi connectivity index (χ0) is 16.9. The van der Waals surface area contributed by atoms with Gasteiger partial charge in [0.2, 0.25) is 0 Å². The van der Waals surface area contributed by atoms with E-state index in [0.717, 1.165) is 0 Å². The Balaban J connectivity index is 1.83. The number of hydrogen-bond acceptors (Lipinski definition) is 3. The Morgan fingerprint density at radius 2 is 1.67 bits per heavy atom. The first-order valence-electron chi connectivity index (χ1n) is 7.17. The lowest BCUT2D eigenvalue weighted by atomic mass is 10.2. The van der Waals surface area contributed by atoms with Crippen molar-refractivity contribution in [1.29, 1.82) is 0 Å². The molecule has 0 atom stereocenters. The number of carbonyl (C=O) groups is 1. The lowest BCUT2D eigenvalue weighted by Gasteiger charge is -2.13. The van der Waals surface area contributed by atoms with E-state index < -0.39 is 0 Å². The monoisotopic (exact) mass is 341 g/mol. The summed E-state index contributed by atoms with van der Waals surface area (Å²) >= 11 is 5.95. The molecule has 0 bridgehead atoms. The minimum absolute atomic E-state index is 0.138. The van der Waals surface area contributed by atoms with Crippen LogP contribution < -0.4 is 10.6 Å². The van der Waals surface area contributed by atoms with Gasteiger partial charge in [0, 0.05) is 11.9 Å².